The molecule has 0 aromatic rings. The van der Waals surface area contributed by atoms with Crippen molar-refractivity contribution in [2.45, 2.75) is 59.3 Å². The molecule has 0 unspecified atom stereocenters. The molecule has 0 bridgehead atoms. The number of rotatable bonds is 1. The van der Waals surface area contributed by atoms with Crippen LogP contribution in [0.4, 0.5) is 0 Å². The molecular formula is C16H26O. The van der Waals surface area contributed by atoms with Gasteiger partial charge in [0.25, 0.3) is 0 Å². The molecule has 1 aliphatic carbocycles. The lowest BCUT2D eigenvalue weighted by molar-refractivity contribution is 0.326. The van der Waals surface area contributed by atoms with Gasteiger partial charge in [0, 0.05) is 0 Å². The van der Waals surface area contributed by atoms with Crippen LogP contribution in [0.15, 0.2) is 34.4 Å². The van der Waals surface area contributed by atoms with E-state index in [1.165, 1.54) is 35.1 Å². The van der Waals surface area contributed by atoms with Gasteiger partial charge in [-0.15, -0.1) is 0 Å². The van der Waals surface area contributed by atoms with E-state index in [0.29, 0.717) is 0 Å². The van der Waals surface area contributed by atoms with E-state index in [-0.39, 0.29) is 6.61 Å². The topological polar surface area (TPSA) is 20.2 Å². The highest BCUT2D eigenvalue weighted by molar-refractivity contribution is 5.15. The smallest absolute Gasteiger partial charge is 0.0641 e. The maximum absolute atomic E-state index is 9.30. The van der Waals surface area contributed by atoms with Crippen LogP contribution in [0, 0.1) is 0 Å². The van der Waals surface area contributed by atoms with Gasteiger partial charge in [0.2, 0.25) is 0 Å². The normalized spacial score (nSPS) is 20.2. The Bertz CT molecular complexity index is 331. The van der Waals surface area contributed by atoms with E-state index in [1.54, 1.807) is 0 Å². The summed E-state index contributed by atoms with van der Waals surface area (Å²) in [5, 5.41) is 9.30. The molecule has 0 spiro atoms. The van der Waals surface area contributed by atoms with E-state index in [9.17, 15) is 5.11 Å². The van der Waals surface area contributed by atoms with Gasteiger partial charge in [-0.3, -0.25) is 0 Å². The summed E-state index contributed by atoms with van der Waals surface area (Å²) in [5.74, 6) is 0. The van der Waals surface area contributed by atoms with Crippen molar-refractivity contribution >= 4 is 0 Å². The molecule has 0 aliphatic heterocycles. The quantitative estimate of drug-likeness (QED) is 0.660. The Labute approximate surface area is 106 Å². The molecule has 0 amide bonds. The first-order valence-electron chi connectivity index (χ1n) is 6.73. The second-order valence-corrected chi connectivity index (χ2v) is 5.21. The predicted molar refractivity (Wildman–Crippen MR) is 75.0 cm³/mol. The van der Waals surface area contributed by atoms with Crippen molar-refractivity contribution in [2.24, 2.45) is 0 Å². The zero-order valence-corrected chi connectivity index (χ0v) is 11.6. The van der Waals surface area contributed by atoms with Gasteiger partial charge >= 0.3 is 0 Å². The second-order valence-electron chi connectivity index (χ2n) is 5.21. The molecule has 0 heterocycles. The van der Waals surface area contributed by atoms with Crippen LogP contribution in [0.25, 0.3) is 0 Å². The molecule has 0 radical (unpaired) electrons. The first kappa shape index (κ1) is 14.2. The van der Waals surface area contributed by atoms with Crippen LogP contribution in [-0.2, 0) is 0 Å². The van der Waals surface area contributed by atoms with Crippen LogP contribution < -0.4 is 0 Å². The highest BCUT2D eigenvalue weighted by Crippen LogP contribution is 2.21. The van der Waals surface area contributed by atoms with Crippen molar-refractivity contribution in [3.63, 3.8) is 0 Å². The van der Waals surface area contributed by atoms with E-state index in [2.05, 4.69) is 32.9 Å². The van der Waals surface area contributed by atoms with Crippen LogP contribution in [0.2, 0.25) is 0 Å². The lowest BCUT2D eigenvalue weighted by atomic mass is 9.96. The number of aliphatic hydroxyl groups excluding tert-OH is 1. The minimum absolute atomic E-state index is 0.217. The maximum Gasteiger partial charge on any atom is 0.0641 e. The van der Waals surface area contributed by atoms with E-state index >= 15 is 0 Å². The average molecular weight is 234 g/mol. The Morgan fingerprint density at radius 1 is 0.882 bits per heavy atom. The first-order valence-corrected chi connectivity index (χ1v) is 6.73. The van der Waals surface area contributed by atoms with E-state index < -0.39 is 0 Å². The van der Waals surface area contributed by atoms with Crippen molar-refractivity contribution in [1.82, 2.24) is 0 Å². The van der Waals surface area contributed by atoms with Gasteiger partial charge in [0.1, 0.15) is 0 Å². The molecule has 17 heavy (non-hydrogen) atoms. The van der Waals surface area contributed by atoms with Crippen molar-refractivity contribution < 1.29 is 5.11 Å². The lowest BCUT2D eigenvalue weighted by Gasteiger charge is -2.11. The highest BCUT2D eigenvalue weighted by atomic mass is 16.3. The van der Waals surface area contributed by atoms with Crippen LogP contribution in [0.5, 0.6) is 0 Å². The fourth-order valence-corrected chi connectivity index (χ4v) is 2.12. The molecule has 1 heteroatoms. The number of hydrogen-bond acceptors (Lipinski definition) is 1. The molecule has 1 N–H and O–H groups in total. The van der Waals surface area contributed by atoms with E-state index in [0.717, 1.165) is 25.7 Å². The Morgan fingerprint density at radius 2 is 1.47 bits per heavy atom. The van der Waals surface area contributed by atoms with Gasteiger partial charge in [-0.25, -0.2) is 0 Å². The van der Waals surface area contributed by atoms with Gasteiger partial charge < -0.3 is 5.11 Å². The SMILES string of the molecule is CC1=CCCC=C(CO)CCC(C)=C(C)CC1. The van der Waals surface area contributed by atoms with E-state index in [1.807, 2.05) is 0 Å². The summed E-state index contributed by atoms with van der Waals surface area (Å²) >= 11 is 0. The molecular weight excluding hydrogens is 208 g/mol. The molecule has 0 saturated carbocycles. The Balaban J connectivity index is 2.78. The minimum atomic E-state index is 0.217. The zero-order valence-electron chi connectivity index (χ0n) is 11.6. The molecule has 1 nitrogen and oxygen atoms in total. The number of aliphatic hydroxyl groups is 1. The van der Waals surface area contributed by atoms with Crippen LogP contribution in [-0.4, -0.2) is 11.7 Å². The molecule has 0 saturated heterocycles. The molecule has 0 atom stereocenters. The van der Waals surface area contributed by atoms with Gasteiger partial charge in [-0.1, -0.05) is 28.9 Å². The Hall–Kier alpha value is -0.820. The molecule has 0 fully saturated rings. The summed E-state index contributed by atoms with van der Waals surface area (Å²) in [6.45, 7) is 6.92. The second kappa shape index (κ2) is 7.50. The number of hydrogen-bond donors (Lipinski definition) is 1. The molecule has 1 rings (SSSR count). The largest absolute Gasteiger partial charge is 0.392 e. The third-order valence-corrected chi connectivity index (χ3v) is 3.74. The maximum atomic E-state index is 9.30. The van der Waals surface area contributed by atoms with Crippen molar-refractivity contribution in [3.8, 4) is 0 Å². The van der Waals surface area contributed by atoms with Gasteiger partial charge in [-0.2, -0.15) is 0 Å². The minimum Gasteiger partial charge on any atom is -0.392 e. The average Bonchev–Trinajstić information content (AvgIpc) is 2.33. The lowest BCUT2D eigenvalue weighted by Crippen LogP contribution is -1.95. The summed E-state index contributed by atoms with van der Waals surface area (Å²) in [6, 6.07) is 0. The third-order valence-electron chi connectivity index (χ3n) is 3.74. The summed E-state index contributed by atoms with van der Waals surface area (Å²) < 4.78 is 0. The highest BCUT2D eigenvalue weighted by Gasteiger charge is 2.02. The summed E-state index contributed by atoms with van der Waals surface area (Å²) in [6.07, 6.45) is 11.2. The fourth-order valence-electron chi connectivity index (χ4n) is 2.12. The van der Waals surface area contributed by atoms with Gasteiger partial charge in [0.15, 0.2) is 0 Å². The zero-order chi connectivity index (χ0) is 12.7. The molecule has 0 aromatic carbocycles. The fraction of sp³-hybridized carbons (Fsp3) is 0.625. The van der Waals surface area contributed by atoms with Crippen LogP contribution in [0.3, 0.4) is 0 Å². The Kier molecular flexibility index (Phi) is 6.28. The van der Waals surface area contributed by atoms with Crippen LogP contribution >= 0.6 is 0 Å². The van der Waals surface area contributed by atoms with E-state index in [4.69, 9.17) is 0 Å². The van der Waals surface area contributed by atoms with Crippen molar-refractivity contribution in [2.75, 3.05) is 6.61 Å². The summed E-state index contributed by atoms with van der Waals surface area (Å²) in [4.78, 5) is 0. The van der Waals surface area contributed by atoms with Gasteiger partial charge in [0.05, 0.1) is 6.61 Å². The number of allylic oxidation sites excluding steroid dienone is 5. The third kappa shape index (κ3) is 5.36. The molecule has 0 aromatic heterocycles. The predicted octanol–water partition coefficient (Wildman–Crippen LogP) is 4.54. The first-order chi connectivity index (χ1) is 8.13. The van der Waals surface area contributed by atoms with Gasteiger partial charge in [-0.05, 0) is 64.9 Å². The Morgan fingerprint density at radius 3 is 2.12 bits per heavy atom. The van der Waals surface area contributed by atoms with Crippen molar-refractivity contribution in [1.29, 1.82) is 0 Å². The monoisotopic (exact) mass is 234 g/mol. The standard InChI is InChI=1S/C16H26O/c1-13-6-4-5-7-16(12-17)11-10-15(3)14(2)9-8-13/h6-7,17H,4-5,8-12H2,1-3H3. The molecule has 1 aliphatic rings. The summed E-state index contributed by atoms with van der Waals surface area (Å²) in [7, 11) is 0. The van der Waals surface area contributed by atoms with Crippen LogP contribution in [0.1, 0.15) is 59.3 Å². The van der Waals surface area contributed by atoms with Crippen molar-refractivity contribution in [3.05, 3.63) is 34.4 Å². The summed E-state index contributed by atoms with van der Waals surface area (Å²) in [5.41, 5.74) is 5.72. The molecule has 96 valence electrons.